The van der Waals surface area contributed by atoms with Crippen LogP contribution in [-0.4, -0.2) is 50.2 Å². The van der Waals surface area contributed by atoms with Crippen molar-refractivity contribution in [3.63, 3.8) is 0 Å². The third kappa shape index (κ3) is 5.20. The number of anilines is 1. The minimum absolute atomic E-state index is 0.0585. The summed E-state index contributed by atoms with van der Waals surface area (Å²) in [7, 11) is -2.27. The normalized spacial score (nSPS) is 13.7. The number of carbonyl (C=O) groups excluding carboxylic acids is 1. The topological polar surface area (TPSA) is 130 Å². The number of benzene rings is 1. The number of aliphatic carboxylic acids is 1. The Balaban J connectivity index is 1.88. The van der Waals surface area contributed by atoms with Crippen LogP contribution in [0.3, 0.4) is 0 Å². The summed E-state index contributed by atoms with van der Waals surface area (Å²) in [5.41, 5.74) is 1.74. The highest BCUT2D eigenvalue weighted by Crippen LogP contribution is 2.46. The summed E-state index contributed by atoms with van der Waals surface area (Å²) in [4.78, 5) is 28.3. The van der Waals surface area contributed by atoms with Crippen LogP contribution in [0.1, 0.15) is 59.5 Å². The van der Waals surface area contributed by atoms with Crippen molar-refractivity contribution in [2.45, 2.75) is 44.9 Å². The number of hydrogen-bond acceptors (Lipinski definition) is 6. The molecule has 2 aromatic heterocycles. The van der Waals surface area contributed by atoms with Gasteiger partial charge in [-0.15, -0.1) is 0 Å². The van der Waals surface area contributed by atoms with Crippen LogP contribution in [0.4, 0.5) is 10.2 Å². The largest absolute Gasteiger partial charge is 0.481 e. The third-order valence-corrected chi connectivity index (χ3v) is 7.39. The molecule has 0 atom stereocenters. The molecular weight excluding hydrogens is 489 g/mol. The fourth-order valence-electron chi connectivity index (χ4n) is 4.17. The number of pyridine rings is 1. The summed E-state index contributed by atoms with van der Waals surface area (Å²) in [6.07, 6.45) is 3.35. The van der Waals surface area contributed by atoms with E-state index in [9.17, 15) is 22.4 Å². The highest BCUT2D eigenvalue weighted by Gasteiger charge is 2.34. The highest BCUT2D eigenvalue weighted by molar-refractivity contribution is 7.92. The van der Waals surface area contributed by atoms with Crippen molar-refractivity contribution < 1.29 is 31.9 Å². The van der Waals surface area contributed by atoms with Crippen molar-refractivity contribution in [3.05, 3.63) is 46.8 Å². The van der Waals surface area contributed by atoms with E-state index in [2.05, 4.69) is 10.3 Å². The summed E-state index contributed by atoms with van der Waals surface area (Å²) in [5.74, 6) is -1.41. The van der Waals surface area contributed by atoms with Crippen LogP contribution in [0.2, 0.25) is 0 Å². The number of aromatic nitrogens is 1. The van der Waals surface area contributed by atoms with Crippen molar-refractivity contribution >= 4 is 38.8 Å². The quantitative estimate of drug-likeness (QED) is 0.386. The molecule has 4 rings (SSSR count). The van der Waals surface area contributed by atoms with Gasteiger partial charge in [-0.25, -0.2) is 12.8 Å². The molecule has 0 aliphatic heterocycles. The molecule has 1 aliphatic rings. The van der Waals surface area contributed by atoms with Crippen LogP contribution in [0.5, 0.6) is 0 Å². The summed E-state index contributed by atoms with van der Waals surface area (Å²) in [6.45, 7) is 1.69. The van der Waals surface area contributed by atoms with Crippen LogP contribution in [0, 0.1) is 12.7 Å². The first-order valence-electron chi connectivity index (χ1n) is 11.7. The number of hydrogen-bond donors (Lipinski definition) is 2. The maximum absolute atomic E-state index is 14.3. The molecule has 1 fully saturated rings. The maximum atomic E-state index is 14.3. The van der Waals surface area contributed by atoms with Gasteiger partial charge in [0.2, 0.25) is 15.7 Å². The Morgan fingerprint density at radius 1 is 1.25 bits per heavy atom. The molecule has 0 radical (unpaired) electrons. The number of furan rings is 1. The Bertz CT molecular complexity index is 1450. The van der Waals surface area contributed by atoms with E-state index in [1.807, 2.05) is 0 Å². The zero-order valence-corrected chi connectivity index (χ0v) is 21.1. The molecule has 9 nitrogen and oxygen atoms in total. The first-order valence-corrected chi connectivity index (χ1v) is 13.5. The molecule has 2 N–H and O–H groups in total. The van der Waals surface area contributed by atoms with Gasteiger partial charge in [0.25, 0.3) is 5.91 Å². The second-order valence-electron chi connectivity index (χ2n) is 9.06. The first kappa shape index (κ1) is 25.6. The monoisotopic (exact) mass is 517 g/mol. The van der Waals surface area contributed by atoms with Crippen LogP contribution in [-0.2, 0) is 14.8 Å². The summed E-state index contributed by atoms with van der Waals surface area (Å²) < 4.78 is 47.0. The first-order chi connectivity index (χ1) is 17.0. The standard InChI is InChI=1S/C25H28FN3O6S/c1-14-7-8-16(12-19(14)26)22-21(24(32)27-2)18-13-17(15-9-10-15)23(28-25(18)35-22)29(36(3,33)34)11-5-4-6-20(30)31/h7-8,12-13,15H,4-6,9-11H2,1-3H3,(H,27,32)(H,30,31). The average Bonchev–Trinajstić information content (AvgIpc) is 3.59. The van der Waals surface area contributed by atoms with E-state index < -0.39 is 27.7 Å². The van der Waals surface area contributed by atoms with Gasteiger partial charge in [0.15, 0.2) is 0 Å². The van der Waals surface area contributed by atoms with E-state index in [4.69, 9.17) is 9.52 Å². The number of nitrogens with zero attached hydrogens (tertiary/aromatic N) is 2. The highest BCUT2D eigenvalue weighted by atomic mass is 32.2. The Morgan fingerprint density at radius 2 is 1.97 bits per heavy atom. The van der Waals surface area contributed by atoms with Crippen molar-refractivity contribution in [1.29, 1.82) is 0 Å². The number of carboxylic acids is 1. The van der Waals surface area contributed by atoms with Crippen LogP contribution in [0.15, 0.2) is 28.7 Å². The average molecular weight is 518 g/mol. The fourth-order valence-corrected chi connectivity index (χ4v) is 5.09. The number of amides is 1. The lowest BCUT2D eigenvalue weighted by atomic mass is 10.0. The zero-order valence-electron chi connectivity index (χ0n) is 20.3. The molecular formula is C25H28FN3O6S. The molecule has 3 aromatic rings. The van der Waals surface area contributed by atoms with Gasteiger partial charge in [0.1, 0.15) is 17.4 Å². The number of aryl methyl sites for hydroxylation is 1. The second-order valence-corrected chi connectivity index (χ2v) is 11.0. The van der Waals surface area contributed by atoms with E-state index in [0.717, 1.165) is 19.1 Å². The van der Waals surface area contributed by atoms with Gasteiger partial charge in [-0.3, -0.25) is 13.9 Å². The van der Waals surface area contributed by atoms with Crippen LogP contribution >= 0.6 is 0 Å². The Morgan fingerprint density at radius 3 is 2.56 bits per heavy atom. The van der Waals surface area contributed by atoms with E-state index in [0.29, 0.717) is 34.9 Å². The molecule has 2 heterocycles. The molecule has 11 heteroatoms. The van der Waals surface area contributed by atoms with Gasteiger partial charge in [-0.2, -0.15) is 4.98 Å². The molecule has 1 saturated carbocycles. The number of fused-ring (bicyclic) bond motifs is 1. The molecule has 1 aromatic carbocycles. The zero-order chi connectivity index (χ0) is 26.2. The van der Waals surface area contributed by atoms with E-state index in [-0.39, 0.29) is 41.7 Å². The predicted molar refractivity (Wildman–Crippen MR) is 133 cm³/mol. The lowest BCUT2D eigenvalue weighted by Gasteiger charge is -2.23. The number of rotatable bonds is 10. The van der Waals surface area contributed by atoms with Crippen molar-refractivity contribution in [3.8, 4) is 11.3 Å². The molecule has 0 unspecified atom stereocenters. The SMILES string of the molecule is CNC(=O)c1c(-c2ccc(C)c(F)c2)oc2nc(N(CCCCC(=O)O)S(C)(=O)=O)c(C3CC3)cc12. The van der Waals surface area contributed by atoms with Gasteiger partial charge in [-0.1, -0.05) is 12.1 Å². The smallest absolute Gasteiger partial charge is 0.303 e. The number of sulfonamides is 1. The van der Waals surface area contributed by atoms with Gasteiger partial charge < -0.3 is 14.8 Å². The molecule has 36 heavy (non-hydrogen) atoms. The number of unbranched alkanes of at least 4 members (excludes halogenated alkanes) is 1. The predicted octanol–water partition coefficient (Wildman–Crippen LogP) is 4.20. The van der Waals surface area contributed by atoms with Gasteiger partial charge in [0, 0.05) is 25.6 Å². The Hall–Kier alpha value is -3.47. The van der Waals surface area contributed by atoms with Crippen molar-refractivity contribution in [2.75, 3.05) is 24.2 Å². The molecule has 192 valence electrons. The second kappa shape index (κ2) is 9.88. The maximum Gasteiger partial charge on any atom is 0.303 e. The molecule has 0 bridgehead atoms. The molecule has 1 amide bonds. The van der Waals surface area contributed by atoms with Gasteiger partial charge in [-0.05, 0) is 61.8 Å². The molecule has 0 saturated heterocycles. The number of nitrogens with one attached hydrogen (secondary N) is 1. The molecule has 1 aliphatic carbocycles. The van der Waals surface area contributed by atoms with Crippen molar-refractivity contribution in [2.24, 2.45) is 0 Å². The van der Waals surface area contributed by atoms with E-state index in [1.54, 1.807) is 25.1 Å². The summed E-state index contributed by atoms with van der Waals surface area (Å²) in [5, 5.41) is 11.9. The van der Waals surface area contributed by atoms with Crippen molar-refractivity contribution in [1.82, 2.24) is 10.3 Å². The number of halogens is 1. The minimum Gasteiger partial charge on any atom is -0.481 e. The fraction of sp³-hybridized carbons (Fsp3) is 0.400. The Kier molecular flexibility index (Phi) is 7.03. The Labute approximate surface area is 208 Å². The van der Waals surface area contributed by atoms with Crippen LogP contribution < -0.4 is 9.62 Å². The minimum atomic E-state index is -3.75. The number of carbonyl (C=O) groups is 2. The number of carboxylic acid groups (broad SMARTS) is 1. The summed E-state index contributed by atoms with van der Waals surface area (Å²) >= 11 is 0. The third-order valence-electron chi connectivity index (χ3n) is 6.23. The molecule has 0 spiro atoms. The van der Waals surface area contributed by atoms with Gasteiger partial charge in [0.05, 0.1) is 17.2 Å². The van der Waals surface area contributed by atoms with E-state index >= 15 is 0 Å². The lowest BCUT2D eigenvalue weighted by molar-refractivity contribution is -0.137. The van der Waals surface area contributed by atoms with E-state index in [1.165, 1.54) is 17.4 Å². The summed E-state index contributed by atoms with van der Waals surface area (Å²) in [6, 6.07) is 6.26. The van der Waals surface area contributed by atoms with Gasteiger partial charge >= 0.3 is 5.97 Å². The lowest BCUT2D eigenvalue weighted by Crippen LogP contribution is -2.32. The van der Waals surface area contributed by atoms with Crippen LogP contribution in [0.25, 0.3) is 22.4 Å².